The molecule has 0 aliphatic carbocycles. The summed E-state index contributed by atoms with van der Waals surface area (Å²) >= 11 is 0. The first kappa shape index (κ1) is 18.0. The molecule has 2 aromatic rings. The van der Waals surface area contributed by atoms with Crippen LogP contribution in [0.2, 0.25) is 0 Å². The fraction of sp³-hybridized carbons (Fsp3) is 0.278. The van der Waals surface area contributed by atoms with Gasteiger partial charge in [-0.05, 0) is 43.7 Å². The standard InChI is InChI=1S/C18H21NO4S/c1-5-19(16-9-7-6-8-13(16)2)18(20)15-12-14(24(4,21)22)10-11-17(15)23-3/h6-12H,5H2,1-4H3. The van der Waals surface area contributed by atoms with Gasteiger partial charge in [-0.1, -0.05) is 18.2 Å². The van der Waals surface area contributed by atoms with Gasteiger partial charge >= 0.3 is 0 Å². The quantitative estimate of drug-likeness (QED) is 0.834. The summed E-state index contributed by atoms with van der Waals surface area (Å²) in [5, 5.41) is 0. The number of aryl methyl sites for hydroxylation is 1. The predicted octanol–water partition coefficient (Wildman–Crippen LogP) is 3.07. The number of rotatable bonds is 5. The first-order valence-electron chi connectivity index (χ1n) is 7.55. The van der Waals surface area contributed by atoms with E-state index >= 15 is 0 Å². The molecule has 1 amide bonds. The lowest BCUT2D eigenvalue weighted by atomic mass is 10.1. The van der Waals surface area contributed by atoms with Crippen molar-refractivity contribution < 1.29 is 17.9 Å². The summed E-state index contributed by atoms with van der Waals surface area (Å²) in [4.78, 5) is 14.7. The van der Waals surface area contributed by atoms with E-state index in [0.717, 1.165) is 17.5 Å². The highest BCUT2D eigenvalue weighted by Gasteiger charge is 2.23. The fourth-order valence-corrected chi connectivity index (χ4v) is 3.17. The first-order chi connectivity index (χ1) is 11.3. The monoisotopic (exact) mass is 347 g/mol. The van der Waals surface area contributed by atoms with E-state index < -0.39 is 9.84 Å². The molecule has 0 aliphatic heterocycles. The van der Waals surface area contributed by atoms with E-state index in [2.05, 4.69) is 0 Å². The molecule has 0 fully saturated rings. The molecule has 5 nitrogen and oxygen atoms in total. The molecular formula is C18H21NO4S. The molecule has 0 radical (unpaired) electrons. The molecule has 0 bridgehead atoms. The molecule has 0 saturated carbocycles. The van der Waals surface area contributed by atoms with Crippen molar-refractivity contribution in [1.29, 1.82) is 0 Å². The number of para-hydroxylation sites is 1. The number of benzene rings is 2. The fourth-order valence-electron chi connectivity index (χ4n) is 2.52. The molecule has 0 atom stereocenters. The molecule has 0 spiro atoms. The Bertz CT molecular complexity index is 859. The highest BCUT2D eigenvalue weighted by Crippen LogP contribution is 2.27. The lowest BCUT2D eigenvalue weighted by Gasteiger charge is -2.24. The van der Waals surface area contributed by atoms with Crippen LogP contribution in [0.4, 0.5) is 5.69 Å². The topological polar surface area (TPSA) is 63.7 Å². The Morgan fingerprint density at radius 3 is 2.38 bits per heavy atom. The van der Waals surface area contributed by atoms with E-state index in [-0.39, 0.29) is 16.4 Å². The Labute approximate surface area is 142 Å². The third-order valence-electron chi connectivity index (χ3n) is 3.80. The van der Waals surface area contributed by atoms with Gasteiger partial charge in [0.05, 0.1) is 17.6 Å². The molecule has 0 aromatic heterocycles. The summed E-state index contributed by atoms with van der Waals surface area (Å²) < 4.78 is 28.9. The van der Waals surface area contributed by atoms with Crippen LogP contribution < -0.4 is 9.64 Å². The minimum Gasteiger partial charge on any atom is -0.496 e. The van der Waals surface area contributed by atoms with Gasteiger partial charge < -0.3 is 9.64 Å². The van der Waals surface area contributed by atoms with Crippen molar-refractivity contribution >= 4 is 21.4 Å². The number of methoxy groups -OCH3 is 1. The first-order valence-corrected chi connectivity index (χ1v) is 9.44. The number of carbonyl (C=O) groups is 1. The molecule has 0 aliphatic rings. The van der Waals surface area contributed by atoms with E-state index in [1.807, 2.05) is 38.1 Å². The number of sulfone groups is 1. The van der Waals surface area contributed by atoms with E-state index in [0.29, 0.717) is 12.3 Å². The van der Waals surface area contributed by atoms with Gasteiger partial charge in [0.2, 0.25) is 0 Å². The van der Waals surface area contributed by atoms with Gasteiger partial charge in [0, 0.05) is 18.5 Å². The SMILES string of the molecule is CCN(C(=O)c1cc(S(C)(=O)=O)ccc1OC)c1ccccc1C. The zero-order chi connectivity index (χ0) is 17.9. The molecule has 2 rings (SSSR count). The predicted molar refractivity (Wildman–Crippen MR) is 94.6 cm³/mol. The van der Waals surface area contributed by atoms with Crippen LogP contribution in [-0.4, -0.2) is 34.2 Å². The molecule has 0 saturated heterocycles. The van der Waals surface area contributed by atoms with Crippen molar-refractivity contribution in [2.75, 3.05) is 24.8 Å². The summed E-state index contributed by atoms with van der Waals surface area (Å²) in [6, 6.07) is 11.9. The van der Waals surface area contributed by atoms with Crippen molar-refractivity contribution in [1.82, 2.24) is 0 Å². The second kappa shape index (κ2) is 7.05. The summed E-state index contributed by atoms with van der Waals surface area (Å²) in [6.07, 6.45) is 1.11. The van der Waals surface area contributed by atoms with Gasteiger partial charge in [0.1, 0.15) is 5.75 Å². The van der Waals surface area contributed by atoms with Gasteiger partial charge in [0.15, 0.2) is 9.84 Å². The summed E-state index contributed by atoms with van der Waals surface area (Å²) in [5.41, 5.74) is 1.98. The van der Waals surface area contributed by atoms with Crippen molar-refractivity contribution in [2.45, 2.75) is 18.7 Å². The summed E-state index contributed by atoms with van der Waals surface area (Å²) in [6.45, 7) is 4.25. The molecular weight excluding hydrogens is 326 g/mol. The van der Waals surface area contributed by atoms with Crippen LogP contribution in [-0.2, 0) is 9.84 Å². The Morgan fingerprint density at radius 1 is 1.17 bits per heavy atom. The zero-order valence-corrected chi connectivity index (χ0v) is 15.1. The lowest BCUT2D eigenvalue weighted by molar-refractivity contribution is 0.0985. The average molecular weight is 347 g/mol. The van der Waals surface area contributed by atoms with E-state index in [1.54, 1.807) is 4.90 Å². The minimum absolute atomic E-state index is 0.0903. The molecule has 0 heterocycles. The number of amides is 1. The number of hydrogen-bond donors (Lipinski definition) is 0. The number of hydrogen-bond acceptors (Lipinski definition) is 4. The van der Waals surface area contributed by atoms with Crippen molar-refractivity contribution in [3.63, 3.8) is 0 Å². The Balaban J connectivity index is 2.56. The van der Waals surface area contributed by atoms with E-state index in [1.165, 1.54) is 25.3 Å². The average Bonchev–Trinajstić information content (AvgIpc) is 2.55. The number of anilines is 1. The van der Waals surface area contributed by atoms with Crippen molar-refractivity contribution in [3.8, 4) is 5.75 Å². The second-order valence-electron chi connectivity index (χ2n) is 5.47. The number of carbonyl (C=O) groups excluding carboxylic acids is 1. The number of ether oxygens (including phenoxy) is 1. The van der Waals surface area contributed by atoms with Gasteiger partial charge in [-0.15, -0.1) is 0 Å². The molecule has 2 aromatic carbocycles. The van der Waals surface area contributed by atoms with Crippen LogP contribution in [0, 0.1) is 6.92 Å². The number of nitrogens with zero attached hydrogens (tertiary/aromatic N) is 1. The smallest absolute Gasteiger partial charge is 0.262 e. The minimum atomic E-state index is -3.42. The Morgan fingerprint density at radius 2 is 1.83 bits per heavy atom. The highest BCUT2D eigenvalue weighted by molar-refractivity contribution is 7.90. The van der Waals surface area contributed by atoms with Gasteiger partial charge in [0.25, 0.3) is 5.91 Å². The Hall–Kier alpha value is -2.34. The van der Waals surface area contributed by atoms with Crippen LogP contribution in [0.5, 0.6) is 5.75 Å². The van der Waals surface area contributed by atoms with Gasteiger partial charge in [-0.3, -0.25) is 4.79 Å². The van der Waals surface area contributed by atoms with Gasteiger partial charge in [-0.25, -0.2) is 8.42 Å². The third kappa shape index (κ3) is 3.59. The maximum absolute atomic E-state index is 13.0. The molecule has 0 unspecified atom stereocenters. The van der Waals surface area contributed by atoms with Crippen molar-refractivity contribution in [3.05, 3.63) is 53.6 Å². The van der Waals surface area contributed by atoms with Crippen LogP contribution in [0.3, 0.4) is 0 Å². The molecule has 24 heavy (non-hydrogen) atoms. The maximum atomic E-state index is 13.0. The van der Waals surface area contributed by atoms with Crippen LogP contribution in [0.15, 0.2) is 47.4 Å². The lowest BCUT2D eigenvalue weighted by Crippen LogP contribution is -2.31. The van der Waals surface area contributed by atoms with Gasteiger partial charge in [-0.2, -0.15) is 0 Å². The molecule has 128 valence electrons. The summed E-state index contributed by atoms with van der Waals surface area (Å²) in [5.74, 6) is 0.0496. The van der Waals surface area contributed by atoms with Crippen molar-refractivity contribution in [2.24, 2.45) is 0 Å². The third-order valence-corrected chi connectivity index (χ3v) is 4.91. The highest BCUT2D eigenvalue weighted by atomic mass is 32.2. The van der Waals surface area contributed by atoms with E-state index in [9.17, 15) is 13.2 Å². The zero-order valence-electron chi connectivity index (χ0n) is 14.2. The van der Waals surface area contributed by atoms with Crippen LogP contribution in [0.25, 0.3) is 0 Å². The normalized spacial score (nSPS) is 11.2. The summed E-state index contributed by atoms with van der Waals surface area (Å²) in [7, 11) is -1.96. The maximum Gasteiger partial charge on any atom is 0.262 e. The van der Waals surface area contributed by atoms with E-state index in [4.69, 9.17) is 4.74 Å². The largest absolute Gasteiger partial charge is 0.496 e. The molecule has 0 N–H and O–H groups in total. The second-order valence-corrected chi connectivity index (χ2v) is 7.49. The van der Waals surface area contributed by atoms with Crippen LogP contribution >= 0.6 is 0 Å². The molecule has 6 heteroatoms. The van der Waals surface area contributed by atoms with Crippen LogP contribution in [0.1, 0.15) is 22.8 Å². The Kier molecular flexibility index (Phi) is 5.29.